The number of aromatic nitrogens is 2. The van der Waals surface area contributed by atoms with Gasteiger partial charge in [-0.25, -0.2) is 14.4 Å². The lowest BCUT2D eigenvalue weighted by molar-refractivity contribution is 0.627. The molecule has 1 aromatic carbocycles. The number of anilines is 1. The fourth-order valence-electron chi connectivity index (χ4n) is 2.07. The van der Waals surface area contributed by atoms with Crippen LogP contribution < -0.4 is 5.73 Å². The smallest absolute Gasteiger partial charge is 0.162 e. The third-order valence-corrected chi connectivity index (χ3v) is 4.01. The van der Waals surface area contributed by atoms with E-state index in [2.05, 4.69) is 9.97 Å². The van der Waals surface area contributed by atoms with Crippen molar-refractivity contribution in [1.29, 1.82) is 0 Å². The van der Waals surface area contributed by atoms with Crippen LogP contribution in [-0.2, 0) is 11.5 Å². The summed E-state index contributed by atoms with van der Waals surface area (Å²) in [5.41, 5.74) is 9.66. The minimum Gasteiger partial charge on any atom is -0.383 e. The van der Waals surface area contributed by atoms with Crippen LogP contribution in [0.25, 0.3) is 11.4 Å². The number of rotatable bonds is 1. The highest BCUT2D eigenvalue weighted by atomic mass is 32.2. The fourth-order valence-corrected chi connectivity index (χ4v) is 3.13. The molecule has 5 heteroatoms. The van der Waals surface area contributed by atoms with Crippen LogP contribution in [-0.4, -0.2) is 9.97 Å². The van der Waals surface area contributed by atoms with Crippen LogP contribution in [0.1, 0.15) is 16.8 Å². The first-order valence-corrected chi connectivity index (χ1v) is 6.80. The zero-order valence-electron chi connectivity index (χ0n) is 9.90. The van der Waals surface area contributed by atoms with Gasteiger partial charge >= 0.3 is 0 Å². The van der Waals surface area contributed by atoms with E-state index in [1.54, 1.807) is 17.8 Å². The molecule has 2 aromatic rings. The summed E-state index contributed by atoms with van der Waals surface area (Å²) in [6, 6.07) is 4.61. The molecule has 0 bridgehead atoms. The molecule has 3 rings (SSSR count). The van der Waals surface area contributed by atoms with E-state index < -0.39 is 0 Å². The number of halogens is 1. The minimum absolute atomic E-state index is 0.249. The van der Waals surface area contributed by atoms with Gasteiger partial charge in [-0.05, 0) is 30.7 Å². The molecular weight excluding hydrogens is 249 g/mol. The van der Waals surface area contributed by atoms with Crippen LogP contribution in [0.2, 0.25) is 0 Å². The standard InChI is InChI=1S/C13H12FN3S/c1-7-4-8(14)2-3-9(7)13-16-11-6-18-5-10(11)12(15)17-13/h2-4H,5-6H2,1H3,(H2,15,16,17). The second-order valence-corrected chi connectivity index (χ2v) is 5.30. The summed E-state index contributed by atoms with van der Waals surface area (Å²) in [6.45, 7) is 1.85. The van der Waals surface area contributed by atoms with Gasteiger partial charge in [0.2, 0.25) is 0 Å². The molecule has 1 aliphatic heterocycles. The summed E-state index contributed by atoms with van der Waals surface area (Å²) in [7, 11) is 0. The van der Waals surface area contributed by atoms with Crippen molar-refractivity contribution in [3.63, 3.8) is 0 Å². The predicted octanol–water partition coefficient (Wildman–Crippen LogP) is 2.92. The summed E-state index contributed by atoms with van der Waals surface area (Å²) in [5.74, 6) is 2.63. The Balaban J connectivity index is 2.15. The monoisotopic (exact) mass is 261 g/mol. The fraction of sp³-hybridized carbons (Fsp3) is 0.231. The molecule has 0 atom stereocenters. The average molecular weight is 261 g/mol. The Labute approximate surface area is 109 Å². The van der Waals surface area contributed by atoms with Crippen molar-refractivity contribution in [2.45, 2.75) is 18.4 Å². The van der Waals surface area contributed by atoms with Crippen LogP contribution in [0.3, 0.4) is 0 Å². The van der Waals surface area contributed by atoms with Crippen LogP contribution in [0, 0.1) is 12.7 Å². The lowest BCUT2D eigenvalue weighted by atomic mass is 10.1. The summed E-state index contributed by atoms with van der Waals surface area (Å²) in [4.78, 5) is 8.88. The van der Waals surface area contributed by atoms with Gasteiger partial charge in [-0.1, -0.05) is 0 Å². The van der Waals surface area contributed by atoms with Gasteiger partial charge in [0.15, 0.2) is 5.82 Å². The Bertz CT molecular complexity index is 628. The first kappa shape index (κ1) is 11.5. The van der Waals surface area contributed by atoms with Crippen LogP contribution in [0.5, 0.6) is 0 Å². The molecule has 0 saturated heterocycles. The second kappa shape index (κ2) is 4.24. The van der Waals surface area contributed by atoms with Gasteiger partial charge in [-0.3, -0.25) is 0 Å². The lowest BCUT2D eigenvalue weighted by Crippen LogP contribution is -2.03. The van der Waals surface area contributed by atoms with E-state index in [0.29, 0.717) is 11.6 Å². The van der Waals surface area contributed by atoms with E-state index in [1.807, 2.05) is 6.92 Å². The van der Waals surface area contributed by atoms with E-state index in [4.69, 9.17) is 5.73 Å². The van der Waals surface area contributed by atoms with Crippen LogP contribution in [0.4, 0.5) is 10.2 Å². The number of thioether (sulfide) groups is 1. The Morgan fingerprint density at radius 2 is 2.11 bits per heavy atom. The molecule has 0 fully saturated rings. The van der Waals surface area contributed by atoms with E-state index in [0.717, 1.165) is 33.9 Å². The van der Waals surface area contributed by atoms with Crippen LogP contribution >= 0.6 is 11.8 Å². The third kappa shape index (κ3) is 1.84. The number of aryl methyl sites for hydroxylation is 1. The molecule has 2 heterocycles. The number of nitrogens with zero attached hydrogens (tertiary/aromatic N) is 2. The van der Waals surface area contributed by atoms with Gasteiger partial charge in [-0.15, -0.1) is 0 Å². The topological polar surface area (TPSA) is 51.8 Å². The molecule has 0 amide bonds. The van der Waals surface area contributed by atoms with Crippen LogP contribution in [0.15, 0.2) is 18.2 Å². The number of nitrogen functional groups attached to an aromatic ring is 1. The normalized spacial score (nSPS) is 13.7. The maximum Gasteiger partial charge on any atom is 0.162 e. The quantitative estimate of drug-likeness (QED) is 0.857. The van der Waals surface area contributed by atoms with Crippen molar-refractivity contribution in [3.8, 4) is 11.4 Å². The molecule has 2 N–H and O–H groups in total. The van der Waals surface area contributed by atoms with Crippen molar-refractivity contribution in [2.75, 3.05) is 5.73 Å². The summed E-state index contributed by atoms with van der Waals surface area (Å²) < 4.78 is 13.1. The van der Waals surface area contributed by atoms with Gasteiger partial charge in [0, 0.05) is 22.6 Å². The van der Waals surface area contributed by atoms with E-state index >= 15 is 0 Å². The van der Waals surface area contributed by atoms with E-state index in [1.165, 1.54) is 12.1 Å². The maximum absolute atomic E-state index is 13.1. The molecule has 0 spiro atoms. The zero-order valence-corrected chi connectivity index (χ0v) is 10.7. The second-order valence-electron chi connectivity index (χ2n) is 4.31. The Hall–Kier alpha value is -1.62. The summed E-state index contributed by atoms with van der Waals surface area (Å²) >= 11 is 1.79. The zero-order chi connectivity index (χ0) is 12.7. The van der Waals surface area contributed by atoms with Crippen molar-refractivity contribution >= 4 is 17.6 Å². The molecule has 3 nitrogen and oxygen atoms in total. The molecule has 18 heavy (non-hydrogen) atoms. The van der Waals surface area contributed by atoms with Crippen molar-refractivity contribution in [2.24, 2.45) is 0 Å². The van der Waals surface area contributed by atoms with Crippen molar-refractivity contribution in [1.82, 2.24) is 9.97 Å². The highest BCUT2D eigenvalue weighted by Crippen LogP contribution is 2.33. The van der Waals surface area contributed by atoms with E-state index in [9.17, 15) is 4.39 Å². The summed E-state index contributed by atoms with van der Waals surface area (Å²) in [5, 5.41) is 0. The van der Waals surface area contributed by atoms with Gasteiger partial charge in [0.1, 0.15) is 11.6 Å². The molecule has 1 aliphatic rings. The average Bonchev–Trinajstić information content (AvgIpc) is 2.77. The predicted molar refractivity (Wildman–Crippen MR) is 71.6 cm³/mol. The lowest BCUT2D eigenvalue weighted by Gasteiger charge is -2.08. The molecule has 0 radical (unpaired) electrons. The molecule has 92 valence electrons. The molecule has 0 aliphatic carbocycles. The first-order chi connectivity index (χ1) is 8.65. The van der Waals surface area contributed by atoms with Gasteiger partial charge in [0.25, 0.3) is 0 Å². The van der Waals surface area contributed by atoms with Crippen molar-refractivity contribution < 1.29 is 4.39 Å². The van der Waals surface area contributed by atoms with E-state index in [-0.39, 0.29) is 5.82 Å². The minimum atomic E-state index is -0.249. The Morgan fingerprint density at radius 1 is 1.28 bits per heavy atom. The highest BCUT2D eigenvalue weighted by molar-refractivity contribution is 7.98. The largest absolute Gasteiger partial charge is 0.383 e. The highest BCUT2D eigenvalue weighted by Gasteiger charge is 2.19. The molecule has 0 unspecified atom stereocenters. The number of fused-ring (bicyclic) bond motifs is 1. The Kier molecular flexibility index (Phi) is 2.70. The maximum atomic E-state index is 13.1. The molecule has 0 saturated carbocycles. The SMILES string of the molecule is Cc1cc(F)ccc1-c1nc(N)c2c(n1)CSC2. The third-order valence-electron chi connectivity index (χ3n) is 3.04. The van der Waals surface area contributed by atoms with Gasteiger partial charge in [0.05, 0.1) is 5.69 Å². The Morgan fingerprint density at radius 3 is 2.89 bits per heavy atom. The van der Waals surface area contributed by atoms with Gasteiger partial charge < -0.3 is 5.73 Å². The number of benzene rings is 1. The first-order valence-electron chi connectivity index (χ1n) is 5.64. The summed E-state index contributed by atoms with van der Waals surface area (Å²) in [6.07, 6.45) is 0. The molecule has 1 aromatic heterocycles. The number of hydrogen-bond donors (Lipinski definition) is 1. The number of hydrogen-bond acceptors (Lipinski definition) is 4. The molecular formula is C13H12FN3S. The number of nitrogens with two attached hydrogens (primary N) is 1. The van der Waals surface area contributed by atoms with Crippen molar-refractivity contribution in [3.05, 3.63) is 40.8 Å². The van der Waals surface area contributed by atoms with Gasteiger partial charge in [-0.2, -0.15) is 11.8 Å².